The second kappa shape index (κ2) is 8.08. The van der Waals surface area contributed by atoms with Gasteiger partial charge in [0.25, 0.3) is 0 Å². The van der Waals surface area contributed by atoms with E-state index in [1.807, 2.05) is 0 Å². The maximum atomic E-state index is 8.86. The lowest BCUT2D eigenvalue weighted by Gasteiger charge is -2.17. The van der Waals surface area contributed by atoms with Crippen LogP contribution in [0.2, 0.25) is 0 Å². The number of nitrogens with zero attached hydrogens (tertiary/aromatic N) is 1. The molecule has 1 unspecified atom stereocenters. The van der Waals surface area contributed by atoms with E-state index < -0.39 is 0 Å². The topological polar surface area (TPSA) is 35.5 Å². The Morgan fingerprint density at radius 2 is 2.07 bits per heavy atom. The van der Waals surface area contributed by atoms with Crippen molar-refractivity contribution in [2.45, 2.75) is 32.6 Å². The molecule has 1 aliphatic rings. The minimum atomic E-state index is 0.326. The zero-order valence-electron chi connectivity index (χ0n) is 10.0. The van der Waals surface area contributed by atoms with Gasteiger partial charge in [-0.1, -0.05) is 13.3 Å². The van der Waals surface area contributed by atoms with Crippen molar-refractivity contribution in [3.05, 3.63) is 0 Å². The van der Waals surface area contributed by atoms with Crippen LogP contribution in [0.15, 0.2) is 0 Å². The summed E-state index contributed by atoms with van der Waals surface area (Å²) >= 11 is 0. The third-order valence-corrected chi connectivity index (χ3v) is 3.35. The summed E-state index contributed by atoms with van der Waals surface area (Å²) in [7, 11) is 0. The van der Waals surface area contributed by atoms with Crippen LogP contribution in [0.1, 0.15) is 32.6 Å². The Bertz CT molecular complexity index is 147. The van der Waals surface area contributed by atoms with Gasteiger partial charge < -0.3 is 15.3 Å². The highest BCUT2D eigenvalue weighted by Crippen LogP contribution is 2.07. The normalized spacial score (nSPS) is 19.6. The summed E-state index contributed by atoms with van der Waals surface area (Å²) in [5.41, 5.74) is 0. The van der Waals surface area contributed by atoms with Crippen molar-refractivity contribution in [2.24, 2.45) is 5.92 Å². The molecule has 0 aliphatic carbocycles. The summed E-state index contributed by atoms with van der Waals surface area (Å²) in [5.74, 6) is 0.647. The fourth-order valence-electron chi connectivity index (χ4n) is 2.18. The molecule has 1 rings (SSSR count). The quantitative estimate of drug-likeness (QED) is 0.594. The van der Waals surface area contributed by atoms with Crippen molar-refractivity contribution in [2.75, 3.05) is 39.3 Å². The summed E-state index contributed by atoms with van der Waals surface area (Å²) in [6, 6.07) is 0. The van der Waals surface area contributed by atoms with E-state index in [2.05, 4.69) is 17.1 Å². The number of aliphatic hydroxyl groups excluding tert-OH is 1. The van der Waals surface area contributed by atoms with Crippen molar-refractivity contribution in [1.29, 1.82) is 0 Å². The summed E-state index contributed by atoms with van der Waals surface area (Å²) in [6.45, 7) is 8.45. The van der Waals surface area contributed by atoms with Crippen LogP contribution in [0, 0.1) is 5.92 Å². The Labute approximate surface area is 93.9 Å². The van der Waals surface area contributed by atoms with E-state index in [4.69, 9.17) is 5.11 Å². The average Bonchev–Trinajstić information content (AvgIpc) is 2.75. The van der Waals surface area contributed by atoms with Crippen LogP contribution < -0.4 is 5.32 Å². The molecule has 0 bridgehead atoms. The van der Waals surface area contributed by atoms with Gasteiger partial charge >= 0.3 is 0 Å². The molecular weight excluding hydrogens is 188 g/mol. The minimum Gasteiger partial charge on any atom is -0.396 e. The third kappa shape index (κ3) is 5.50. The molecule has 0 radical (unpaired) electrons. The number of rotatable bonds is 8. The lowest BCUT2D eigenvalue weighted by atomic mass is 10.0. The first-order valence-electron chi connectivity index (χ1n) is 6.40. The third-order valence-electron chi connectivity index (χ3n) is 3.35. The second-order valence-corrected chi connectivity index (χ2v) is 4.54. The van der Waals surface area contributed by atoms with Gasteiger partial charge in [-0.15, -0.1) is 0 Å². The van der Waals surface area contributed by atoms with Gasteiger partial charge in [-0.05, 0) is 44.8 Å². The molecule has 90 valence electrons. The molecule has 2 N–H and O–H groups in total. The summed E-state index contributed by atoms with van der Waals surface area (Å²) in [6.07, 6.45) is 4.86. The Hall–Kier alpha value is -0.120. The predicted octanol–water partition coefficient (Wildman–Crippen LogP) is 1.08. The van der Waals surface area contributed by atoms with E-state index in [0.717, 1.165) is 25.9 Å². The SMILES string of the molecule is CCC(CCO)CNCCN1CCCC1. The average molecular weight is 214 g/mol. The molecule has 1 saturated heterocycles. The van der Waals surface area contributed by atoms with Gasteiger partial charge in [-0.25, -0.2) is 0 Å². The van der Waals surface area contributed by atoms with E-state index in [9.17, 15) is 0 Å². The first-order valence-corrected chi connectivity index (χ1v) is 6.40. The second-order valence-electron chi connectivity index (χ2n) is 4.54. The molecule has 3 nitrogen and oxygen atoms in total. The molecular formula is C12H26N2O. The lowest BCUT2D eigenvalue weighted by molar-refractivity contribution is 0.249. The Balaban J connectivity index is 1.94. The Morgan fingerprint density at radius 3 is 2.67 bits per heavy atom. The van der Waals surface area contributed by atoms with E-state index >= 15 is 0 Å². The Morgan fingerprint density at radius 1 is 1.33 bits per heavy atom. The maximum absolute atomic E-state index is 8.86. The van der Waals surface area contributed by atoms with Crippen LogP contribution in [0.25, 0.3) is 0 Å². The van der Waals surface area contributed by atoms with Crippen molar-refractivity contribution < 1.29 is 5.11 Å². The van der Waals surface area contributed by atoms with Gasteiger partial charge in [0.05, 0.1) is 0 Å². The van der Waals surface area contributed by atoms with Gasteiger partial charge in [0.1, 0.15) is 0 Å². The number of hydrogen-bond donors (Lipinski definition) is 2. The van der Waals surface area contributed by atoms with Crippen molar-refractivity contribution in [3.8, 4) is 0 Å². The largest absolute Gasteiger partial charge is 0.396 e. The Kier molecular flexibility index (Phi) is 6.98. The number of nitrogens with one attached hydrogen (secondary N) is 1. The van der Waals surface area contributed by atoms with Gasteiger partial charge in [0.15, 0.2) is 0 Å². The molecule has 0 aromatic heterocycles. The molecule has 1 atom stereocenters. The zero-order valence-corrected chi connectivity index (χ0v) is 10.0. The predicted molar refractivity (Wildman–Crippen MR) is 64.0 cm³/mol. The molecule has 15 heavy (non-hydrogen) atoms. The minimum absolute atomic E-state index is 0.326. The van der Waals surface area contributed by atoms with Crippen LogP contribution in [-0.4, -0.2) is 49.3 Å². The maximum Gasteiger partial charge on any atom is 0.0434 e. The summed E-state index contributed by atoms with van der Waals surface area (Å²) < 4.78 is 0. The molecule has 0 aromatic rings. The molecule has 0 amide bonds. The molecule has 0 saturated carbocycles. The van der Waals surface area contributed by atoms with Gasteiger partial charge in [-0.3, -0.25) is 0 Å². The first kappa shape index (κ1) is 12.9. The molecule has 1 heterocycles. The van der Waals surface area contributed by atoms with Crippen LogP contribution in [0.4, 0.5) is 0 Å². The molecule has 3 heteroatoms. The number of likely N-dealkylation sites (tertiary alicyclic amines) is 1. The van der Waals surface area contributed by atoms with Crippen molar-refractivity contribution in [3.63, 3.8) is 0 Å². The summed E-state index contributed by atoms with van der Waals surface area (Å²) in [5, 5.41) is 12.4. The first-order chi connectivity index (χ1) is 7.36. The van der Waals surface area contributed by atoms with Crippen LogP contribution >= 0.6 is 0 Å². The zero-order chi connectivity index (χ0) is 10.9. The highest BCUT2D eigenvalue weighted by molar-refractivity contribution is 4.67. The van der Waals surface area contributed by atoms with Crippen LogP contribution in [0.5, 0.6) is 0 Å². The monoisotopic (exact) mass is 214 g/mol. The standard InChI is InChI=1S/C12H26N2O/c1-2-12(5-10-15)11-13-6-9-14-7-3-4-8-14/h12-13,15H,2-11H2,1H3. The fraction of sp³-hybridized carbons (Fsp3) is 1.00. The van der Waals surface area contributed by atoms with Gasteiger partial charge in [-0.2, -0.15) is 0 Å². The van der Waals surface area contributed by atoms with E-state index in [1.54, 1.807) is 0 Å². The van der Waals surface area contributed by atoms with E-state index in [0.29, 0.717) is 12.5 Å². The van der Waals surface area contributed by atoms with Crippen LogP contribution in [0.3, 0.4) is 0 Å². The number of aliphatic hydroxyl groups is 1. The van der Waals surface area contributed by atoms with E-state index in [-0.39, 0.29) is 0 Å². The molecule has 1 fully saturated rings. The highest BCUT2D eigenvalue weighted by atomic mass is 16.3. The van der Waals surface area contributed by atoms with Crippen molar-refractivity contribution >= 4 is 0 Å². The highest BCUT2D eigenvalue weighted by Gasteiger charge is 2.10. The fourth-order valence-corrected chi connectivity index (χ4v) is 2.18. The molecule has 0 spiro atoms. The number of hydrogen-bond acceptors (Lipinski definition) is 3. The molecule has 0 aromatic carbocycles. The van der Waals surface area contributed by atoms with E-state index in [1.165, 1.54) is 32.5 Å². The smallest absolute Gasteiger partial charge is 0.0434 e. The van der Waals surface area contributed by atoms with Gasteiger partial charge in [0, 0.05) is 19.7 Å². The van der Waals surface area contributed by atoms with Crippen LogP contribution in [-0.2, 0) is 0 Å². The van der Waals surface area contributed by atoms with Gasteiger partial charge in [0.2, 0.25) is 0 Å². The van der Waals surface area contributed by atoms with Crippen molar-refractivity contribution in [1.82, 2.24) is 10.2 Å². The molecule has 1 aliphatic heterocycles. The summed E-state index contributed by atoms with van der Waals surface area (Å²) in [4.78, 5) is 2.53. The lowest BCUT2D eigenvalue weighted by Crippen LogP contribution is -2.32.